The number of benzene rings is 1. The summed E-state index contributed by atoms with van der Waals surface area (Å²) >= 11 is 0. The number of sulfonamides is 1. The van der Waals surface area contributed by atoms with Gasteiger partial charge in [0.05, 0.1) is 4.90 Å². The van der Waals surface area contributed by atoms with Crippen molar-refractivity contribution in [1.29, 1.82) is 0 Å². The normalized spacial score (nSPS) is 11.5. The van der Waals surface area contributed by atoms with Gasteiger partial charge in [-0.3, -0.25) is 4.79 Å². The van der Waals surface area contributed by atoms with Gasteiger partial charge in [0.1, 0.15) is 5.75 Å². The fraction of sp³-hybridized carbons (Fsp3) is 0.462. The molecule has 0 aliphatic heterocycles. The molecule has 1 aromatic carbocycles. The van der Waals surface area contributed by atoms with Gasteiger partial charge in [-0.2, -0.15) is 0 Å². The minimum atomic E-state index is -3.75. The highest BCUT2D eigenvalue weighted by atomic mass is 32.2. The molecule has 0 saturated heterocycles. The summed E-state index contributed by atoms with van der Waals surface area (Å²) in [6, 6.07) is 2.90. The number of carbonyl (C=O) groups is 1. The van der Waals surface area contributed by atoms with E-state index in [1.54, 1.807) is 13.8 Å². The minimum absolute atomic E-state index is 0.0338. The Bertz CT molecular complexity index is 586. The number of hydrogen-bond donors (Lipinski definition) is 2. The zero-order chi connectivity index (χ0) is 15.5. The molecule has 1 aromatic rings. The largest absolute Gasteiger partial charge is 0.483 e. The van der Waals surface area contributed by atoms with Gasteiger partial charge in [-0.25, -0.2) is 13.6 Å². The molecule has 3 N–H and O–H groups in total. The van der Waals surface area contributed by atoms with Crippen molar-refractivity contribution in [3.8, 4) is 5.75 Å². The first kappa shape index (κ1) is 16.5. The second-order valence-electron chi connectivity index (χ2n) is 4.94. The highest BCUT2D eigenvalue weighted by Gasteiger charge is 2.14. The third kappa shape index (κ3) is 4.50. The summed E-state index contributed by atoms with van der Waals surface area (Å²) in [7, 11) is -3.75. The Morgan fingerprint density at radius 1 is 1.30 bits per heavy atom. The number of hydrogen-bond acceptors (Lipinski definition) is 4. The molecule has 0 radical (unpaired) electrons. The van der Waals surface area contributed by atoms with Crippen molar-refractivity contribution in [3.63, 3.8) is 0 Å². The van der Waals surface area contributed by atoms with Gasteiger partial charge in [0.15, 0.2) is 6.61 Å². The molecule has 1 amide bonds. The number of nitrogens with one attached hydrogen (secondary N) is 1. The first-order chi connectivity index (χ1) is 9.11. The molecule has 6 nitrogen and oxygen atoms in total. The number of primary sulfonamides is 1. The SMILES string of the molecule is Cc1cc(S(N)(=O)=O)cc(C)c1OCC(=O)NC(C)C. The second-order valence-corrected chi connectivity index (χ2v) is 6.50. The van der Waals surface area contributed by atoms with Crippen LogP contribution in [0.15, 0.2) is 17.0 Å². The van der Waals surface area contributed by atoms with Crippen molar-refractivity contribution in [3.05, 3.63) is 23.3 Å². The van der Waals surface area contributed by atoms with E-state index in [1.165, 1.54) is 12.1 Å². The lowest BCUT2D eigenvalue weighted by Gasteiger charge is -2.14. The van der Waals surface area contributed by atoms with Crippen LogP contribution < -0.4 is 15.2 Å². The van der Waals surface area contributed by atoms with Crippen LogP contribution >= 0.6 is 0 Å². The number of rotatable bonds is 5. The summed E-state index contributed by atoms with van der Waals surface area (Å²) in [5, 5.41) is 7.80. The van der Waals surface area contributed by atoms with Gasteiger partial charge in [0, 0.05) is 6.04 Å². The molecule has 1 rings (SSSR count). The summed E-state index contributed by atoms with van der Waals surface area (Å²) in [6.07, 6.45) is 0. The van der Waals surface area contributed by atoms with Gasteiger partial charge in [-0.05, 0) is 51.0 Å². The topological polar surface area (TPSA) is 98.5 Å². The molecule has 112 valence electrons. The summed E-state index contributed by atoms with van der Waals surface area (Å²) in [4.78, 5) is 11.6. The standard InChI is InChI=1S/C13H20N2O4S/c1-8(2)15-12(16)7-19-13-9(3)5-11(6-10(13)4)20(14,17)18/h5-6,8H,7H2,1-4H3,(H,15,16)(H2,14,17,18). The predicted octanol–water partition coefficient (Wildman–Crippen LogP) is 0.854. The lowest BCUT2D eigenvalue weighted by Crippen LogP contribution is -2.34. The van der Waals surface area contributed by atoms with Gasteiger partial charge in [-0.15, -0.1) is 0 Å². The Balaban J connectivity index is 2.90. The molecule has 0 saturated carbocycles. The van der Waals surface area contributed by atoms with Crippen LogP contribution in [0, 0.1) is 13.8 Å². The van der Waals surface area contributed by atoms with Crippen LogP contribution in [0.2, 0.25) is 0 Å². The molecule has 0 unspecified atom stereocenters. The Morgan fingerprint density at radius 3 is 2.20 bits per heavy atom. The van der Waals surface area contributed by atoms with Crippen LogP contribution in [0.4, 0.5) is 0 Å². The molecule has 7 heteroatoms. The van der Waals surface area contributed by atoms with E-state index >= 15 is 0 Å². The Kier molecular flexibility index (Phi) is 5.13. The Morgan fingerprint density at radius 2 is 1.80 bits per heavy atom. The smallest absolute Gasteiger partial charge is 0.258 e. The summed E-state index contributed by atoms with van der Waals surface area (Å²) < 4.78 is 28.1. The van der Waals surface area contributed by atoms with E-state index in [2.05, 4.69) is 5.32 Å². The highest BCUT2D eigenvalue weighted by molar-refractivity contribution is 7.89. The number of nitrogens with two attached hydrogens (primary N) is 1. The van der Waals surface area contributed by atoms with Crippen molar-refractivity contribution in [2.75, 3.05) is 6.61 Å². The van der Waals surface area contributed by atoms with Crippen LogP contribution in [0.5, 0.6) is 5.75 Å². The monoisotopic (exact) mass is 300 g/mol. The van der Waals surface area contributed by atoms with E-state index in [0.29, 0.717) is 16.9 Å². The van der Waals surface area contributed by atoms with E-state index in [1.807, 2.05) is 13.8 Å². The maximum Gasteiger partial charge on any atom is 0.258 e. The number of amides is 1. The maximum atomic E-state index is 11.5. The van der Waals surface area contributed by atoms with Gasteiger partial charge in [0.25, 0.3) is 5.91 Å². The van der Waals surface area contributed by atoms with Crippen molar-refractivity contribution < 1.29 is 17.9 Å². The molecule has 0 aromatic heterocycles. The average molecular weight is 300 g/mol. The van der Waals surface area contributed by atoms with Crippen molar-refractivity contribution in [1.82, 2.24) is 5.32 Å². The molecule has 0 aliphatic carbocycles. The minimum Gasteiger partial charge on any atom is -0.483 e. The molecule has 0 aliphatic rings. The van der Waals surface area contributed by atoms with Crippen molar-refractivity contribution >= 4 is 15.9 Å². The molecular formula is C13H20N2O4S. The fourth-order valence-corrected chi connectivity index (χ4v) is 2.49. The zero-order valence-corrected chi connectivity index (χ0v) is 12.9. The molecule has 0 spiro atoms. The lowest BCUT2D eigenvalue weighted by molar-refractivity contribution is -0.123. The molecular weight excluding hydrogens is 280 g/mol. The van der Waals surface area contributed by atoms with Gasteiger partial charge in [-0.1, -0.05) is 0 Å². The first-order valence-corrected chi connectivity index (χ1v) is 7.72. The molecule has 0 fully saturated rings. The third-order valence-electron chi connectivity index (χ3n) is 2.56. The lowest BCUT2D eigenvalue weighted by atomic mass is 10.1. The van der Waals surface area contributed by atoms with Crippen LogP contribution in [-0.2, 0) is 14.8 Å². The van der Waals surface area contributed by atoms with E-state index < -0.39 is 10.0 Å². The average Bonchev–Trinajstić information content (AvgIpc) is 2.25. The van der Waals surface area contributed by atoms with Crippen LogP contribution in [-0.4, -0.2) is 27.0 Å². The maximum absolute atomic E-state index is 11.5. The van der Waals surface area contributed by atoms with Crippen LogP contribution in [0.25, 0.3) is 0 Å². The van der Waals surface area contributed by atoms with Gasteiger partial charge >= 0.3 is 0 Å². The first-order valence-electron chi connectivity index (χ1n) is 6.17. The van der Waals surface area contributed by atoms with E-state index in [0.717, 1.165) is 0 Å². The third-order valence-corrected chi connectivity index (χ3v) is 3.45. The summed E-state index contributed by atoms with van der Waals surface area (Å²) in [6.45, 7) is 7.01. The Hall–Kier alpha value is -1.60. The van der Waals surface area contributed by atoms with E-state index in [4.69, 9.17) is 9.88 Å². The van der Waals surface area contributed by atoms with Gasteiger partial charge in [0.2, 0.25) is 10.0 Å². The molecule has 0 heterocycles. The molecule has 20 heavy (non-hydrogen) atoms. The quantitative estimate of drug-likeness (QED) is 0.842. The zero-order valence-electron chi connectivity index (χ0n) is 12.1. The van der Waals surface area contributed by atoms with Gasteiger partial charge < -0.3 is 10.1 Å². The summed E-state index contributed by atoms with van der Waals surface area (Å²) in [5.41, 5.74) is 1.23. The number of carbonyl (C=O) groups excluding carboxylic acids is 1. The number of aryl methyl sites for hydroxylation is 2. The summed E-state index contributed by atoms with van der Waals surface area (Å²) in [5.74, 6) is 0.269. The van der Waals surface area contributed by atoms with E-state index in [9.17, 15) is 13.2 Å². The molecule has 0 atom stereocenters. The van der Waals surface area contributed by atoms with Crippen LogP contribution in [0.1, 0.15) is 25.0 Å². The van der Waals surface area contributed by atoms with E-state index in [-0.39, 0.29) is 23.5 Å². The van der Waals surface area contributed by atoms with Crippen LogP contribution in [0.3, 0.4) is 0 Å². The predicted molar refractivity (Wildman–Crippen MR) is 76.1 cm³/mol. The van der Waals surface area contributed by atoms with Crippen molar-refractivity contribution in [2.24, 2.45) is 5.14 Å². The van der Waals surface area contributed by atoms with Crippen molar-refractivity contribution in [2.45, 2.75) is 38.6 Å². The highest BCUT2D eigenvalue weighted by Crippen LogP contribution is 2.26. The molecule has 0 bridgehead atoms. The fourth-order valence-electron chi connectivity index (χ4n) is 1.80. The second kappa shape index (κ2) is 6.23. The number of ether oxygens (including phenoxy) is 1. The Labute approximate surface area is 119 Å².